The molecular formula is C15H17BrN2O4. The van der Waals surface area contributed by atoms with Crippen molar-refractivity contribution in [1.29, 1.82) is 0 Å². The van der Waals surface area contributed by atoms with Crippen molar-refractivity contribution in [2.75, 3.05) is 18.2 Å². The van der Waals surface area contributed by atoms with Crippen LogP contribution in [0, 0.1) is 0 Å². The number of nitrogens with zero attached hydrogens (tertiary/aromatic N) is 2. The van der Waals surface area contributed by atoms with Crippen LogP contribution in [0.1, 0.15) is 20.3 Å². The maximum Gasteiger partial charge on any atom is 0.354 e. The summed E-state index contributed by atoms with van der Waals surface area (Å²) in [7, 11) is 0. The third-order valence-corrected chi connectivity index (χ3v) is 3.60. The Kier molecular flexibility index (Phi) is 5.54. The fraction of sp³-hybridized carbons (Fsp3) is 0.400. The van der Waals surface area contributed by atoms with E-state index in [1.165, 1.54) is 5.01 Å². The minimum Gasteiger partial charge on any atom is -0.464 e. The van der Waals surface area contributed by atoms with Gasteiger partial charge in [0, 0.05) is 10.9 Å². The molecule has 0 amide bonds. The van der Waals surface area contributed by atoms with Crippen molar-refractivity contribution in [2.24, 2.45) is 5.10 Å². The first-order chi connectivity index (χ1) is 10.6. The van der Waals surface area contributed by atoms with E-state index in [1.54, 1.807) is 13.8 Å². The lowest BCUT2D eigenvalue weighted by Gasteiger charge is -2.21. The molecule has 1 aromatic carbocycles. The minimum absolute atomic E-state index is 0.174. The normalized spacial score (nSPS) is 17.1. The van der Waals surface area contributed by atoms with Crippen LogP contribution in [0.25, 0.3) is 0 Å². The van der Waals surface area contributed by atoms with Crippen molar-refractivity contribution < 1.29 is 19.1 Å². The quantitative estimate of drug-likeness (QED) is 0.746. The van der Waals surface area contributed by atoms with Crippen LogP contribution in [0.3, 0.4) is 0 Å². The number of esters is 2. The van der Waals surface area contributed by atoms with Crippen molar-refractivity contribution in [3.8, 4) is 0 Å². The van der Waals surface area contributed by atoms with Crippen LogP contribution in [-0.4, -0.2) is 36.9 Å². The van der Waals surface area contributed by atoms with Gasteiger partial charge in [-0.2, -0.15) is 5.10 Å². The smallest absolute Gasteiger partial charge is 0.354 e. The summed E-state index contributed by atoms with van der Waals surface area (Å²) in [6.07, 6.45) is 0.174. The van der Waals surface area contributed by atoms with Gasteiger partial charge < -0.3 is 9.47 Å². The molecule has 6 nitrogen and oxygen atoms in total. The van der Waals surface area contributed by atoms with Crippen molar-refractivity contribution in [3.05, 3.63) is 28.7 Å². The van der Waals surface area contributed by atoms with Gasteiger partial charge in [-0.05, 0) is 38.1 Å². The summed E-state index contributed by atoms with van der Waals surface area (Å²) < 4.78 is 10.9. The lowest BCUT2D eigenvalue weighted by molar-refractivity contribution is -0.144. The van der Waals surface area contributed by atoms with E-state index >= 15 is 0 Å². The summed E-state index contributed by atoms with van der Waals surface area (Å²) in [4.78, 5) is 24.0. The molecule has 1 unspecified atom stereocenters. The number of rotatable bonds is 5. The molecule has 0 saturated heterocycles. The van der Waals surface area contributed by atoms with Crippen LogP contribution in [0.15, 0.2) is 33.8 Å². The molecule has 1 aliphatic rings. The molecule has 22 heavy (non-hydrogen) atoms. The van der Waals surface area contributed by atoms with Crippen LogP contribution >= 0.6 is 15.9 Å². The number of anilines is 1. The monoisotopic (exact) mass is 368 g/mol. The molecule has 0 radical (unpaired) electrons. The van der Waals surface area contributed by atoms with Gasteiger partial charge in [0.2, 0.25) is 0 Å². The second-order valence-electron chi connectivity index (χ2n) is 4.56. The summed E-state index contributed by atoms with van der Waals surface area (Å²) in [6, 6.07) is 6.66. The highest BCUT2D eigenvalue weighted by Gasteiger charge is 2.37. The van der Waals surface area contributed by atoms with Crippen LogP contribution in [0.5, 0.6) is 0 Å². The van der Waals surface area contributed by atoms with Crippen LogP contribution in [-0.2, 0) is 19.1 Å². The predicted molar refractivity (Wildman–Crippen MR) is 85.7 cm³/mol. The molecule has 1 heterocycles. The Morgan fingerprint density at radius 1 is 1.23 bits per heavy atom. The van der Waals surface area contributed by atoms with Crippen LogP contribution in [0.2, 0.25) is 0 Å². The molecule has 0 N–H and O–H groups in total. The second-order valence-corrected chi connectivity index (χ2v) is 5.48. The molecule has 2 rings (SSSR count). The number of halogens is 1. The Balaban J connectivity index is 2.28. The van der Waals surface area contributed by atoms with Crippen LogP contribution in [0.4, 0.5) is 5.69 Å². The Morgan fingerprint density at radius 3 is 2.45 bits per heavy atom. The van der Waals surface area contributed by atoms with Gasteiger partial charge in [-0.15, -0.1) is 0 Å². The van der Waals surface area contributed by atoms with Gasteiger partial charge in [-0.1, -0.05) is 15.9 Å². The first-order valence-corrected chi connectivity index (χ1v) is 7.82. The summed E-state index contributed by atoms with van der Waals surface area (Å²) in [5.74, 6) is -0.912. The highest BCUT2D eigenvalue weighted by atomic mass is 79.9. The second kappa shape index (κ2) is 7.40. The third-order valence-electron chi connectivity index (χ3n) is 3.07. The van der Waals surface area contributed by atoms with Gasteiger partial charge in [0.25, 0.3) is 0 Å². The van der Waals surface area contributed by atoms with Crippen molar-refractivity contribution >= 4 is 39.3 Å². The fourth-order valence-electron chi connectivity index (χ4n) is 2.10. The van der Waals surface area contributed by atoms with E-state index in [4.69, 9.17) is 9.47 Å². The molecule has 0 bridgehead atoms. The van der Waals surface area contributed by atoms with Gasteiger partial charge in [-0.25, -0.2) is 9.59 Å². The zero-order chi connectivity index (χ0) is 16.1. The van der Waals surface area contributed by atoms with E-state index in [-0.39, 0.29) is 25.3 Å². The van der Waals surface area contributed by atoms with Gasteiger partial charge in [0.05, 0.1) is 18.9 Å². The molecule has 118 valence electrons. The zero-order valence-corrected chi connectivity index (χ0v) is 14.0. The molecule has 0 fully saturated rings. The van der Waals surface area contributed by atoms with Gasteiger partial charge >= 0.3 is 11.9 Å². The van der Waals surface area contributed by atoms with E-state index in [0.717, 1.165) is 4.47 Å². The van der Waals surface area contributed by atoms with E-state index in [0.29, 0.717) is 5.69 Å². The first-order valence-electron chi connectivity index (χ1n) is 7.02. The van der Waals surface area contributed by atoms with Crippen molar-refractivity contribution in [1.82, 2.24) is 0 Å². The zero-order valence-electron chi connectivity index (χ0n) is 12.4. The average Bonchev–Trinajstić information content (AvgIpc) is 2.94. The average molecular weight is 369 g/mol. The molecule has 0 aliphatic carbocycles. The van der Waals surface area contributed by atoms with E-state index in [1.807, 2.05) is 24.3 Å². The van der Waals surface area contributed by atoms with Gasteiger partial charge in [0.1, 0.15) is 5.71 Å². The number of hydrazone groups is 1. The highest BCUT2D eigenvalue weighted by molar-refractivity contribution is 9.10. The highest BCUT2D eigenvalue weighted by Crippen LogP contribution is 2.27. The third kappa shape index (κ3) is 3.65. The van der Waals surface area contributed by atoms with E-state index in [2.05, 4.69) is 21.0 Å². The van der Waals surface area contributed by atoms with Gasteiger partial charge in [-0.3, -0.25) is 5.01 Å². The predicted octanol–water partition coefficient (Wildman–Crippen LogP) is 2.51. The summed E-state index contributed by atoms with van der Waals surface area (Å²) in [5, 5.41) is 5.76. The topological polar surface area (TPSA) is 68.2 Å². The summed E-state index contributed by atoms with van der Waals surface area (Å²) in [6.45, 7) is 4.01. The summed E-state index contributed by atoms with van der Waals surface area (Å²) in [5.41, 5.74) is 0.934. The number of benzene rings is 1. The molecule has 0 spiro atoms. The number of ether oxygens (including phenoxy) is 2. The molecule has 1 atom stereocenters. The first kappa shape index (κ1) is 16.5. The molecule has 0 saturated carbocycles. The van der Waals surface area contributed by atoms with E-state index in [9.17, 15) is 9.59 Å². The van der Waals surface area contributed by atoms with Crippen LogP contribution < -0.4 is 5.01 Å². The number of hydrogen-bond acceptors (Lipinski definition) is 6. The SMILES string of the molecule is CCOC(=O)C1=NN(c2ccc(Br)cc2)C(C(=O)OCC)C1. The fourth-order valence-corrected chi connectivity index (χ4v) is 2.37. The number of hydrogen-bond donors (Lipinski definition) is 0. The standard InChI is InChI=1S/C15H17BrN2O4/c1-3-21-14(19)12-9-13(15(20)22-4-2)18(17-12)11-7-5-10(16)6-8-11/h5-8,13H,3-4,9H2,1-2H3. The lowest BCUT2D eigenvalue weighted by Crippen LogP contribution is -2.36. The largest absolute Gasteiger partial charge is 0.464 e. The molecule has 7 heteroatoms. The van der Waals surface area contributed by atoms with Crippen molar-refractivity contribution in [3.63, 3.8) is 0 Å². The summed E-state index contributed by atoms with van der Waals surface area (Å²) >= 11 is 3.36. The molecule has 0 aromatic heterocycles. The molecule has 1 aromatic rings. The Labute approximate surface area is 137 Å². The molecule has 1 aliphatic heterocycles. The van der Waals surface area contributed by atoms with E-state index < -0.39 is 18.0 Å². The number of carbonyl (C=O) groups excluding carboxylic acids is 2. The number of carbonyl (C=O) groups is 2. The maximum absolute atomic E-state index is 12.1. The van der Waals surface area contributed by atoms with Gasteiger partial charge in [0.15, 0.2) is 6.04 Å². The minimum atomic E-state index is -0.652. The Morgan fingerprint density at radius 2 is 1.86 bits per heavy atom. The Bertz CT molecular complexity index is 586. The molecular weight excluding hydrogens is 352 g/mol. The maximum atomic E-state index is 12.1. The lowest BCUT2D eigenvalue weighted by atomic mass is 10.1. The van der Waals surface area contributed by atoms with Crippen molar-refractivity contribution in [2.45, 2.75) is 26.3 Å². The Hall–Kier alpha value is -1.89.